The number of para-hydroxylation sites is 1. The molecule has 0 aliphatic carbocycles. The fourth-order valence-corrected chi connectivity index (χ4v) is 3.89. The third-order valence-electron chi connectivity index (χ3n) is 5.22. The summed E-state index contributed by atoms with van der Waals surface area (Å²) >= 11 is 0. The zero-order chi connectivity index (χ0) is 18.8. The Morgan fingerprint density at radius 1 is 1.15 bits per heavy atom. The molecule has 1 aromatic carbocycles. The Morgan fingerprint density at radius 2 is 1.89 bits per heavy atom. The van der Waals surface area contributed by atoms with E-state index < -0.39 is 0 Å². The number of amides is 1. The second-order valence-electron chi connectivity index (χ2n) is 6.96. The molecule has 1 atom stereocenters. The molecule has 1 aromatic heterocycles. The fraction of sp³-hybridized carbons (Fsp3) is 0.450. The Balaban J connectivity index is 1.50. The molecule has 1 fully saturated rings. The van der Waals surface area contributed by atoms with E-state index >= 15 is 0 Å². The van der Waals surface area contributed by atoms with Gasteiger partial charge in [0, 0.05) is 44.0 Å². The predicted molar refractivity (Wildman–Crippen MR) is 105 cm³/mol. The largest absolute Gasteiger partial charge is 0.450 e. The molecule has 0 saturated carbocycles. The number of nitrogens with zero attached hydrogens (tertiary/aromatic N) is 5. The minimum atomic E-state index is -0.233. The normalized spacial score (nSPS) is 19.2. The standard InChI is InChI=1S/C20H25N5O2/c1-3-27-20(26)24-10-8-23(9-11-24)18-13-19(22-14-21-18)25-15(2)12-16-6-4-5-7-17(16)25/h4-7,13-15H,3,8-12H2,1-2H3. The number of benzene rings is 1. The van der Waals surface area contributed by atoms with Gasteiger partial charge in [0.05, 0.1) is 6.61 Å². The molecule has 1 unspecified atom stereocenters. The maximum atomic E-state index is 11.9. The van der Waals surface area contributed by atoms with E-state index in [1.807, 2.05) is 6.92 Å². The molecule has 7 heteroatoms. The summed E-state index contributed by atoms with van der Waals surface area (Å²) in [5.74, 6) is 1.82. The molecule has 0 radical (unpaired) electrons. The van der Waals surface area contributed by atoms with Crippen LogP contribution in [0.1, 0.15) is 19.4 Å². The molecule has 1 amide bonds. The highest BCUT2D eigenvalue weighted by atomic mass is 16.6. The SMILES string of the molecule is CCOC(=O)N1CCN(c2cc(N3c4ccccc4CC3C)ncn2)CC1. The Hall–Kier alpha value is -2.83. The summed E-state index contributed by atoms with van der Waals surface area (Å²) in [5, 5.41) is 0. The van der Waals surface area contributed by atoms with Crippen LogP contribution in [0, 0.1) is 0 Å². The number of fused-ring (bicyclic) bond motifs is 1. The number of ether oxygens (including phenoxy) is 1. The lowest BCUT2D eigenvalue weighted by atomic mass is 10.1. The van der Waals surface area contributed by atoms with Crippen LogP contribution in [0.5, 0.6) is 0 Å². The maximum Gasteiger partial charge on any atom is 0.409 e. The van der Waals surface area contributed by atoms with Gasteiger partial charge >= 0.3 is 6.09 Å². The summed E-state index contributed by atoms with van der Waals surface area (Å²) in [6.07, 6.45) is 2.42. The first-order valence-corrected chi connectivity index (χ1v) is 9.53. The lowest BCUT2D eigenvalue weighted by Gasteiger charge is -2.35. The Kier molecular flexibility index (Phi) is 4.83. The summed E-state index contributed by atoms with van der Waals surface area (Å²) in [4.78, 5) is 27.1. The fourth-order valence-electron chi connectivity index (χ4n) is 3.89. The highest BCUT2D eigenvalue weighted by Crippen LogP contribution is 2.37. The van der Waals surface area contributed by atoms with E-state index in [9.17, 15) is 4.79 Å². The number of hydrogen-bond acceptors (Lipinski definition) is 6. The van der Waals surface area contributed by atoms with E-state index in [2.05, 4.69) is 57.0 Å². The molecule has 142 valence electrons. The van der Waals surface area contributed by atoms with Crippen molar-refractivity contribution in [3.63, 3.8) is 0 Å². The second kappa shape index (κ2) is 7.42. The first kappa shape index (κ1) is 17.6. The maximum absolute atomic E-state index is 11.9. The van der Waals surface area contributed by atoms with Crippen LogP contribution in [-0.4, -0.2) is 59.8 Å². The monoisotopic (exact) mass is 367 g/mol. The minimum Gasteiger partial charge on any atom is -0.450 e. The molecular weight excluding hydrogens is 342 g/mol. The van der Waals surface area contributed by atoms with Crippen LogP contribution >= 0.6 is 0 Å². The molecule has 2 aliphatic rings. The average molecular weight is 367 g/mol. The van der Waals surface area contributed by atoms with E-state index in [0.29, 0.717) is 25.7 Å². The van der Waals surface area contributed by atoms with Gasteiger partial charge in [0.25, 0.3) is 0 Å². The van der Waals surface area contributed by atoms with E-state index in [4.69, 9.17) is 4.74 Å². The van der Waals surface area contributed by atoms with Gasteiger partial charge in [0.1, 0.15) is 18.0 Å². The third-order valence-corrected chi connectivity index (χ3v) is 5.22. The Morgan fingerprint density at radius 3 is 2.67 bits per heavy atom. The van der Waals surface area contributed by atoms with E-state index in [1.165, 1.54) is 11.3 Å². The molecule has 2 aromatic rings. The van der Waals surface area contributed by atoms with Crippen LogP contribution in [0.3, 0.4) is 0 Å². The first-order valence-electron chi connectivity index (χ1n) is 9.53. The highest BCUT2D eigenvalue weighted by Gasteiger charge is 2.29. The van der Waals surface area contributed by atoms with Gasteiger partial charge in [-0.25, -0.2) is 14.8 Å². The molecule has 0 spiro atoms. The van der Waals surface area contributed by atoms with Crippen molar-refractivity contribution in [2.75, 3.05) is 42.6 Å². The van der Waals surface area contributed by atoms with Crippen LogP contribution in [0.2, 0.25) is 0 Å². The van der Waals surface area contributed by atoms with Crippen molar-refractivity contribution in [2.24, 2.45) is 0 Å². The number of rotatable bonds is 3. The summed E-state index contributed by atoms with van der Waals surface area (Å²) in [5.41, 5.74) is 2.58. The number of hydrogen-bond donors (Lipinski definition) is 0. The zero-order valence-electron chi connectivity index (χ0n) is 15.8. The highest BCUT2D eigenvalue weighted by molar-refractivity contribution is 5.70. The van der Waals surface area contributed by atoms with E-state index in [1.54, 1.807) is 11.2 Å². The van der Waals surface area contributed by atoms with Gasteiger partial charge in [-0.15, -0.1) is 0 Å². The van der Waals surface area contributed by atoms with Crippen LogP contribution in [0.4, 0.5) is 22.1 Å². The summed E-state index contributed by atoms with van der Waals surface area (Å²) in [7, 11) is 0. The lowest BCUT2D eigenvalue weighted by Crippen LogP contribution is -2.49. The number of aromatic nitrogens is 2. The van der Waals surface area contributed by atoms with Crippen molar-refractivity contribution in [3.8, 4) is 0 Å². The molecule has 0 N–H and O–H groups in total. The van der Waals surface area contributed by atoms with Gasteiger partial charge in [-0.2, -0.15) is 0 Å². The van der Waals surface area contributed by atoms with Crippen molar-refractivity contribution in [2.45, 2.75) is 26.3 Å². The lowest BCUT2D eigenvalue weighted by molar-refractivity contribution is 0.105. The molecular formula is C20H25N5O2. The van der Waals surface area contributed by atoms with Crippen molar-refractivity contribution < 1.29 is 9.53 Å². The van der Waals surface area contributed by atoms with Crippen molar-refractivity contribution in [1.29, 1.82) is 0 Å². The summed E-state index contributed by atoms with van der Waals surface area (Å²) in [6, 6.07) is 10.9. The third kappa shape index (κ3) is 3.41. The van der Waals surface area contributed by atoms with Crippen LogP contribution in [0.15, 0.2) is 36.7 Å². The van der Waals surface area contributed by atoms with Crippen molar-refractivity contribution in [1.82, 2.24) is 14.9 Å². The van der Waals surface area contributed by atoms with Gasteiger partial charge in [0.15, 0.2) is 0 Å². The average Bonchev–Trinajstić information content (AvgIpc) is 3.04. The van der Waals surface area contributed by atoms with Crippen LogP contribution in [-0.2, 0) is 11.2 Å². The number of anilines is 3. The van der Waals surface area contributed by atoms with Gasteiger partial charge in [0.2, 0.25) is 0 Å². The minimum absolute atomic E-state index is 0.233. The molecule has 3 heterocycles. The Labute approximate surface area is 159 Å². The molecule has 7 nitrogen and oxygen atoms in total. The van der Waals surface area contributed by atoms with Gasteiger partial charge in [-0.05, 0) is 31.9 Å². The Bertz CT molecular complexity index is 820. The molecule has 1 saturated heterocycles. The summed E-state index contributed by atoms with van der Waals surface area (Å²) < 4.78 is 5.09. The first-order chi connectivity index (χ1) is 13.2. The van der Waals surface area contributed by atoms with Crippen LogP contribution < -0.4 is 9.80 Å². The van der Waals surface area contributed by atoms with Crippen LogP contribution in [0.25, 0.3) is 0 Å². The molecule has 4 rings (SSSR count). The topological polar surface area (TPSA) is 61.8 Å². The van der Waals surface area contributed by atoms with Gasteiger partial charge < -0.3 is 19.4 Å². The second-order valence-corrected chi connectivity index (χ2v) is 6.96. The zero-order valence-corrected chi connectivity index (χ0v) is 15.8. The smallest absolute Gasteiger partial charge is 0.409 e. The number of carbonyl (C=O) groups excluding carboxylic acids is 1. The quantitative estimate of drug-likeness (QED) is 0.831. The predicted octanol–water partition coefficient (Wildman–Crippen LogP) is 2.84. The van der Waals surface area contributed by atoms with Gasteiger partial charge in [-0.1, -0.05) is 18.2 Å². The molecule has 27 heavy (non-hydrogen) atoms. The molecule has 0 bridgehead atoms. The molecule has 2 aliphatic heterocycles. The number of piperazine rings is 1. The van der Waals surface area contributed by atoms with Crippen molar-refractivity contribution >= 4 is 23.4 Å². The summed E-state index contributed by atoms with van der Waals surface area (Å²) in [6.45, 7) is 7.21. The van der Waals surface area contributed by atoms with E-state index in [-0.39, 0.29) is 6.09 Å². The van der Waals surface area contributed by atoms with E-state index in [0.717, 1.165) is 31.1 Å². The van der Waals surface area contributed by atoms with Gasteiger partial charge in [-0.3, -0.25) is 0 Å². The van der Waals surface area contributed by atoms with Crippen molar-refractivity contribution in [3.05, 3.63) is 42.2 Å². The number of carbonyl (C=O) groups is 1.